The molecule has 1 aromatic heterocycles. The van der Waals surface area contributed by atoms with Crippen LogP contribution in [0.1, 0.15) is 20.3 Å². The molecule has 17 heavy (non-hydrogen) atoms. The molecule has 1 amide bonds. The van der Waals surface area contributed by atoms with Gasteiger partial charge in [-0.05, 0) is 13.3 Å². The molecule has 0 aromatic carbocycles. The molecule has 0 bridgehead atoms. The van der Waals surface area contributed by atoms with E-state index in [4.69, 9.17) is 5.84 Å². The Kier molecular flexibility index (Phi) is 5.15. The van der Waals surface area contributed by atoms with Gasteiger partial charge in [0.2, 0.25) is 5.91 Å². The number of carbonyl (C=O) groups is 1. The fraction of sp³-hybridized carbons (Fsp3) is 0.500. The molecule has 0 aliphatic carbocycles. The highest BCUT2D eigenvalue weighted by molar-refractivity contribution is 5.83. The van der Waals surface area contributed by atoms with Gasteiger partial charge in [-0.2, -0.15) is 0 Å². The molecule has 0 fully saturated rings. The first-order chi connectivity index (χ1) is 8.17. The van der Waals surface area contributed by atoms with E-state index >= 15 is 0 Å². The van der Waals surface area contributed by atoms with Gasteiger partial charge in [-0.25, -0.2) is 15.8 Å². The number of nitrogens with two attached hydrogens (primary N) is 1. The first-order valence-corrected chi connectivity index (χ1v) is 5.50. The molecule has 0 radical (unpaired) electrons. The average Bonchev–Trinajstić information content (AvgIpc) is 2.36. The van der Waals surface area contributed by atoms with E-state index in [2.05, 4.69) is 26.0 Å². The minimum atomic E-state index is -0.359. The average molecular weight is 238 g/mol. The van der Waals surface area contributed by atoms with Crippen LogP contribution in [0.5, 0.6) is 0 Å². The summed E-state index contributed by atoms with van der Waals surface area (Å²) in [6.07, 6.45) is 2.28. The van der Waals surface area contributed by atoms with Crippen molar-refractivity contribution >= 4 is 17.5 Å². The Hall–Kier alpha value is -1.89. The first kappa shape index (κ1) is 13.2. The van der Waals surface area contributed by atoms with Gasteiger partial charge in [-0.1, -0.05) is 6.92 Å². The van der Waals surface area contributed by atoms with Crippen LogP contribution >= 0.6 is 0 Å². The summed E-state index contributed by atoms with van der Waals surface area (Å²) in [4.78, 5) is 19.5. The number of rotatable bonds is 6. The van der Waals surface area contributed by atoms with Gasteiger partial charge < -0.3 is 16.1 Å². The Labute approximate surface area is 100 Å². The quantitative estimate of drug-likeness (QED) is 0.413. The normalized spacial score (nSPS) is 11.7. The highest BCUT2D eigenvalue weighted by Crippen LogP contribution is 2.08. The molecule has 1 rings (SSSR count). The van der Waals surface area contributed by atoms with Crippen LogP contribution in [-0.2, 0) is 4.79 Å². The van der Waals surface area contributed by atoms with Crippen molar-refractivity contribution in [3.05, 3.63) is 12.4 Å². The largest absolute Gasteiger partial charge is 0.358 e. The Morgan fingerprint density at radius 2 is 2.18 bits per heavy atom. The van der Waals surface area contributed by atoms with Crippen molar-refractivity contribution in [2.75, 3.05) is 17.3 Å². The van der Waals surface area contributed by atoms with Crippen LogP contribution in [0.4, 0.5) is 11.6 Å². The SMILES string of the molecule is CCCNC(=O)C(C)Nc1cc(NN)ncn1. The van der Waals surface area contributed by atoms with E-state index in [1.54, 1.807) is 13.0 Å². The van der Waals surface area contributed by atoms with Crippen LogP contribution < -0.4 is 21.9 Å². The summed E-state index contributed by atoms with van der Waals surface area (Å²) in [7, 11) is 0. The zero-order chi connectivity index (χ0) is 12.7. The van der Waals surface area contributed by atoms with E-state index in [0.717, 1.165) is 6.42 Å². The molecule has 1 aromatic rings. The Bertz CT molecular complexity index is 370. The van der Waals surface area contributed by atoms with Crippen molar-refractivity contribution in [3.8, 4) is 0 Å². The number of carbonyl (C=O) groups excluding carboxylic acids is 1. The Morgan fingerprint density at radius 3 is 2.82 bits per heavy atom. The number of hydrogen-bond acceptors (Lipinski definition) is 6. The molecule has 0 aliphatic rings. The maximum Gasteiger partial charge on any atom is 0.242 e. The van der Waals surface area contributed by atoms with E-state index in [1.165, 1.54) is 6.33 Å². The first-order valence-electron chi connectivity index (χ1n) is 5.50. The molecular formula is C10H18N6O. The minimum Gasteiger partial charge on any atom is -0.358 e. The zero-order valence-corrected chi connectivity index (χ0v) is 10.0. The van der Waals surface area contributed by atoms with Gasteiger partial charge in [-0.15, -0.1) is 0 Å². The lowest BCUT2D eigenvalue weighted by Gasteiger charge is -2.14. The molecule has 5 N–H and O–H groups in total. The molecule has 0 saturated carbocycles. The van der Waals surface area contributed by atoms with Crippen LogP contribution in [0.3, 0.4) is 0 Å². The third-order valence-corrected chi connectivity index (χ3v) is 2.12. The number of hydrogen-bond donors (Lipinski definition) is 4. The van der Waals surface area contributed by atoms with Crippen molar-refractivity contribution < 1.29 is 4.79 Å². The summed E-state index contributed by atoms with van der Waals surface area (Å²) in [6, 6.07) is 1.27. The smallest absolute Gasteiger partial charge is 0.242 e. The van der Waals surface area contributed by atoms with E-state index in [9.17, 15) is 4.79 Å². The van der Waals surface area contributed by atoms with Crippen LogP contribution in [0.2, 0.25) is 0 Å². The second kappa shape index (κ2) is 6.64. The van der Waals surface area contributed by atoms with Gasteiger partial charge in [0.15, 0.2) is 0 Å². The molecule has 1 heterocycles. The third-order valence-electron chi connectivity index (χ3n) is 2.12. The van der Waals surface area contributed by atoms with Crippen LogP contribution in [0, 0.1) is 0 Å². The Morgan fingerprint density at radius 1 is 1.47 bits per heavy atom. The lowest BCUT2D eigenvalue weighted by molar-refractivity contribution is -0.121. The Balaban J connectivity index is 2.54. The summed E-state index contributed by atoms with van der Waals surface area (Å²) < 4.78 is 0. The standard InChI is InChI=1S/C10H18N6O/c1-3-4-12-10(17)7(2)15-8-5-9(16-11)14-6-13-8/h5-7H,3-4,11H2,1-2H3,(H,12,17)(H2,13,14,15,16). The lowest BCUT2D eigenvalue weighted by Crippen LogP contribution is -2.38. The molecule has 0 aliphatic heterocycles. The second-order valence-electron chi connectivity index (χ2n) is 3.59. The van der Waals surface area contributed by atoms with E-state index in [0.29, 0.717) is 18.2 Å². The third kappa shape index (κ3) is 4.23. The lowest BCUT2D eigenvalue weighted by atomic mass is 10.3. The summed E-state index contributed by atoms with van der Waals surface area (Å²) >= 11 is 0. The zero-order valence-electron chi connectivity index (χ0n) is 10.0. The van der Waals surface area contributed by atoms with Crippen LogP contribution in [0.15, 0.2) is 12.4 Å². The molecule has 1 atom stereocenters. The number of aromatic nitrogens is 2. The molecule has 94 valence electrons. The van der Waals surface area contributed by atoms with Crippen molar-refractivity contribution in [2.24, 2.45) is 5.84 Å². The summed E-state index contributed by atoms with van der Waals surface area (Å²) in [5.74, 6) is 6.20. The topological polar surface area (TPSA) is 105 Å². The highest BCUT2D eigenvalue weighted by Gasteiger charge is 2.12. The van der Waals surface area contributed by atoms with Crippen LogP contribution in [0.25, 0.3) is 0 Å². The maximum atomic E-state index is 11.6. The van der Waals surface area contributed by atoms with E-state index in [-0.39, 0.29) is 11.9 Å². The van der Waals surface area contributed by atoms with Crippen molar-refractivity contribution in [3.63, 3.8) is 0 Å². The maximum absolute atomic E-state index is 11.6. The summed E-state index contributed by atoms with van der Waals surface area (Å²) in [5.41, 5.74) is 2.41. The predicted molar refractivity (Wildman–Crippen MR) is 66.2 cm³/mol. The van der Waals surface area contributed by atoms with Gasteiger partial charge in [0.05, 0.1) is 0 Å². The number of amides is 1. The summed E-state index contributed by atoms with van der Waals surface area (Å²) in [6.45, 7) is 4.44. The fourth-order valence-corrected chi connectivity index (χ4v) is 1.20. The fourth-order valence-electron chi connectivity index (χ4n) is 1.20. The van der Waals surface area contributed by atoms with Crippen molar-refractivity contribution in [1.29, 1.82) is 0 Å². The number of nitrogens with zero attached hydrogens (tertiary/aromatic N) is 2. The second-order valence-corrected chi connectivity index (χ2v) is 3.59. The molecule has 0 saturated heterocycles. The van der Waals surface area contributed by atoms with Gasteiger partial charge >= 0.3 is 0 Å². The number of anilines is 2. The molecular weight excluding hydrogens is 220 g/mol. The monoisotopic (exact) mass is 238 g/mol. The molecule has 7 heteroatoms. The van der Waals surface area contributed by atoms with Gasteiger partial charge in [0.1, 0.15) is 24.0 Å². The number of hydrazine groups is 1. The van der Waals surface area contributed by atoms with Gasteiger partial charge in [0.25, 0.3) is 0 Å². The molecule has 0 spiro atoms. The van der Waals surface area contributed by atoms with E-state index in [1.807, 2.05) is 6.92 Å². The van der Waals surface area contributed by atoms with Crippen molar-refractivity contribution in [1.82, 2.24) is 15.3 Å². The van der Waals surface area contributed by atoms with Crippen LogP contribution in [-0.4, -0.2) is 28.5 Å². The summed E-state index contributed by atoms with van der Waals surface area (Å²) in [5, 5.41) is 5.76. The minimum absolute atomic E-state index is 0.0623. The van der Waals surface area contributed by atoms with Gasteiger partial charge in [-0.3, -0.25) is 4.79 Å². The van der Waals surface area contributed by atoms with E-state index < -0.39 is 0 Å². The molecule has 7 nitrogen and oxygen atoms in total. The highest BCUT2D eigenvalue weighted by atomic mass is 16.2. The molecule has 1 unspecified atom stereocenters. The predicted octanol–water partition coefficient (Wildman–Crippen LogP) is 0.0888. The number of nitrogen functional groups attached to an aromatic ring is 1. The van der Waals surface area contributed by atoms with Crippen molar-refractivity contribution in [2.45, 2.75) is 26.3 Å². The number of nitrogens with one attached hydrogen (secondary N) is 3. The van der Waals surface area contributed by atoms with Gasteiger partial charge in [0, 0.05) is 12.6 Å².